The molecule has 2 amide bonds. The van der Waals surface area contributed by atoms with Gasteiger partial charge in [0.1, 0.15) is 0 Å². The molecule has 1 unspecified atom stereocenters. The molecule has 0 aliphatic heterocycles. The zero-order valence-corrected chi connectivity index (χ0v) is 14.6. The molecular weight excluding hydrogens is 332 g/mol. The van der Waals surface area contributed by atoms with Gasteiger partial charge in [-0.1, -0.05) is 31.2 Å². The van der Waals surface area contributed by atoms with Crippen molar-refractivity contribution in [2.75, 3.05) is 5.32 Å². The van der Waals surface area contributed by atoms with Crippen LogP contribution >= 0.6 is 11.8 Å². The van der Waals surface area contributed by atoms with Gasteiger partial charge in [-0.25, -0.2) is 4.79 Å². The summed E-state index contributed by atoms with van der Waals surface area (Å²) in [6.45, 7) is 2.31. The molecule has 0 fully saturated rings. The summed E-state index contributed by atoms with van der Waals surface area (Å²) >= 11 is 1.56. The normalized spacial score (nSPS) is 11.0. The minimum Gasteiger partial charge on any atom is -0.334 e. The number of hydrogen-bond donors (Lipinski definition) is 2. The predicted molar refractivity (Wildman–Crippen MR) is 99.0 cm³/mol. The molecule has 0 spiro atoms. The van der Waals surface area contributed by atoms with E-state index >= 15 is 0 Å². The van der Waals surface area contributed by atoms with E-state index in [0.29, 0.717) is 24.2 Å². The Balaban J connectivity index is 1.96. The van der Waals surface area contributed by atoms with Gasteiger partial charge in [0.2, 0.25) is 0 Å². The molecule has 126 valence electrons. The average Bonchev–Trinajstić information content (AvgIpc) is 2.62. The number of amides is 2. The molecule has 25 heavy (non-hydrogen) atoms. The second kappa shape index (κ2) is 9.36. The van der Waals surface area contributed by atoms with Gasteiger partial charge in [-0.2, -0.15) is 10.5 Å². The molecule has 0 aromatic heterocycles. The average molecular weight is 350 g/mol. The number of benzene rings is 2. The quantitative estimate of drug-likeness (QED) is 0.761. The first kappa shape index (κ1) is 18.4. The number of thioether (sulfide) groups is 1. The summed E-state index contributed by atoms with van der Waals surface area (Å²) in [5.41, 5.74) is 2.13. The van der Waals surface area contributed by atoms with Gasteiger partial charge in [0.25, 0.3) is 0 Å². The van der Waals surface area contributed by atoms with Crippen LogP contribution in [0.25, 0.3) is 0 Å². The van der Waals surface area contributed by atoms with E-state index in [9.17, 15) is 4.79 Å². The maximum atomic E-state index is 12.2. The van der Waals surface area contributed by atoms with Crippen LogP contribution in [0.1, 0.15) is 24.5 Å². The van der Waals surface area contributed by atoms with Gasteiger partial charge in [0.15, 0.2) is 0 Å². The lowest BCUT2D eigenvalue weighted by atomic mass is 10.1. The van der Waals surface area contributed by atoms with Gasteiger partial charge >= 0.3 is 6.03 Å². The number of para-hydroxylation sites is 1. The third-order valence-electron chi connectivity index (χ3n) is 3.35. The maximum Gasteiger partial charge on any atom is 0.319 e. The SMILES string of the molecule is CC(CC#N)Sc1ccccc1NC(=O)NCc1cccc(C#N)c1. The number of hydrogen-bond acceptors (Lipinski definition) is 4. The van der Waals surface area contributed by atoms with E-state index in [4.69, 9.17) is 10.5 Å². The van der Waals surface area contributed by atoms with Gasteiger partial charge < -0.3 is 10.6 Å². The Morgan fingerprint density at radius 3 is 2.76 bits per heavy atom. The van der Waals surface area contributed by atoms with Crippen molar-refractivity contribution in [2.24, 2.45) is 0 Å². The topological polar surface area (TPSA) is 88.7 Å². The Hall–Kier alpha value is -2.96. The molecule has 0 radical (unpaired) electrons. The maximum absolute atomic E-state index is 12.2. The van der Waals surface area contributed by atoms with Gasteiger partial charge in [-0.3, -0.25) is 0 Å². The minimum absolute atomic E-state index is 0.143. The first-order valence-electron chi connectivity index (χ1n) is 7.79. The Kier molecular flexibility index (Phi) is 6.88. The van der Waals surface area contributed by atoms with Crippen LogP contribution in [-0.4, -0.2) is 11.3 Å². The highest BCUT2D eigenvalue weighted by Crippen LogP contribution is 2.31. The molecular formula is C19H18N4OS. The van der Waals surface area contributed by atoms with Crippen LogP contribution in [0.3, 0.4) is 0 Å². The Bertz CT molecular complexity index is 823. The second-order valence-electron chi connectivity index (χ2n) is 5.41. The van der Waals surface area contributed by atoms with E-state index in [1.54, 1.807) is 30.0 Å². The van der Waals surface area contributed by atoms with Crippen LogP contribution in [0.2, 0.25) is 0 Å². The minimum atomic E-state index is -0.316. The fraction of sp³-hybridized carbons (Fsp3) is 0.211. The van der Waals surface area contributed by atoms with Crippen LogP contribution in [0.15, 0.2) is 53.4 Å². The summed E-state index contributed by atoms with van der Waals surface area (Å²) in [6.07, 6.45) is 0.445. The van der Waals surface area contributed by atoms with Crippen LogP contribution in [0, 0.1) is 22.7 Å². The molecule has 2 N–H and O–H groups in total. The third kappa shape index (κ3) is 5.87. The molecule has 2 rings (SSSR count). The number of nitrogens with one attached hydrogen (secondary N) is 2. The van der Waals surface area contributed by atoms with Crippen molar-refractivity contribution < 1.29 is 4.79 Å². The smallest absolute Gasteiger partial charge is 0.319 e. The van der Waals surface area contributed by atoms with Crippen LogP contribution in [0.5, 0.6) is 0 Å². The zero-order chi connectivity index (χ0) is 18.1. The Morgan fingerprint density at radius 1 is 1.20 bits per heavy atom. The van der Waals surface area contributed by atoms with Gasteiger partial charge in [-0.05, 0) is 29.8 Å². The highest BCUT2D eigenvalue weighted by atomic mass is 32.2. The molecule has 5 nitrogen and oxygen atoms in total. The Labute approximate surface area is 151 Å². The monoisotopic (exact) mass is 350 g/mol. The lowest BCUT2D eigenvalue weighted by Gasteiger charge is -2.14. The Morgan fingerprint density at radius 2 is 2.00 bits per heavy atom. The van der Waals surface area contributed by atoms with Crippen molar-refractivity contribution in [1.29, 1.82) is 10.5 Å². The molecule has 2 aromatic carbocycles. The molecule has 1 atom stereocenters. The van der Waals surface area contributed by atoms with E-state index < -0.39 is 0 Å². The highest BCUT2D eigenvalue weighted by Gasteiger charge is 2.10. The number of nitrogens with zero attached hydrogens (tertiary/aromatic N) is 2. The van der Waals surface area contributed by atoms with Crippen molar-refractivity contribution in [3.63, 3.8) is 0 Å². The van der Waals surface area contributed by atoms with Crippen LogP contribution < -0.4 is 10.6 Å². The fourth-order valence-electron chi connectivity index (χ4n) is 2.16. The lowest BCUT2D eigenvalue weighted by molar-refractivity contribution is 0.251. The molecule has 0 aliphatic carbocycles. The third-order valence-corrected chi connectivity index (χ3v) is 4.53. The van der Waals surface area contributed by atoms with Crippen LogP contribution in [0.4, 0.5) is 10.5 Å². The molecule has 0 saturated carbocycles. The number of anilines is 1. The van der Waals surface area contributed by atoms with Gasteiger partial charge in [0.05, 0.1) is 23.4 Å². The van der Waals surface area contributed by atoms with E-state index in [-0.39, 0.29) is 11.3 Å². The zero-order valence-electron chi connectivity index (χ0n) is 13.8. The summed E-state index contributed by atoms with van der Waals surface area (Å²) in [4.78, 5) is 13.1. The van der Waals surface area contributed by atoms with Crippen molar-refractivity contribution in [3.8, 4) is 12.1 Å². The first-order chi connectivity index (χ1) is 12.1. The summed E-state index contributed by atoms with van der Waals surface area (Å²) < 4.78 is 0. The summed E-state index contributed by atoms with van der Waals surface area (Å²) in [5, 5.41) is 23.4. The number of urea groups is 1. The van der Waals surface area contributed by atoms with Gasteiger partial charge in [0, 0.05) is 23.1 Å². The van der Waals surface area contributed by atoms with Crippen molar-refractivity contribution >= 4 is 23.5 Å². The number of carbonyl (C=O) groups excluding carboxylic acids is 1. The summed E-state index contributed by atoms with van der Waals surface area (Å²) in [5.74, 6) is 0. The number of nitriles is 2. The van der Waals surface area contributed by atoms with E-state index in [1.165, 1.54) is 0 Å². The van der Waals surface area contributed by atoms with Crippen LogP contribution in [-0.2, 0) is 6.54 Å². The van der Waals surface area contributed by atoms with E-state index in [1.807, 2.05) is 37.3 Å². The molecule has 6 heteroatoms. The summed E-state index contributed by atoms with van der Waals surface area (Å²) in [7, 11) is 0. The van der Waals surface area contributed by atoms with Crippen molar-refractivity contribution in [1.82, 2.24) is 5.32 Å². The largest absolute Gasteiger partial charge is 0.334 e. The molecule has 0 aliphatic rings. The lowest BCUT2D eigenvalue weighted by Crippen LogP contribution is -2.28. The highest BCUT2D eigenvalue weighted by molar-refractivity contribution is 8.00. The molecule has 0 heterocycles. The molecule has 0 bridgehead atoms. The van der Waals surface area contributed by atoms with Crippen molar-refractivity contribution in [3.05, 3.63) is 59.7 Å². The van der Waals surface area contributed by atoms with Crippen molar-refractivity contribution in [2.45, 2.75) is 30.0 Å². The standard InChI is InChI=1S/C19H18N4OS/c1-14(9-10-20)25-18-8-3-2-7-17(18)23-19(24)22-13-16-6-4-5-15(11-16)12-21/h2-8,11,14H,9,13H2,1H3,(H2,22,23,24). The molecule has 2 aromatic rings. The number of rotatable bonds is 6. The number of carbonyl (C=O) groups is 1. The van der Waals surface area contributed by atoms with E-state index in [2.05, 4.69) is 22.8 Å². The second-order valence-corrected chi connectivity index (χ2v) is 6.89. The summed E-state index contributed by atoms with van der Waals surface area (Å²) in [6, 6.07) is 18.5. The van der Waals surface area contributed by atoms with Gasteiger partial charge in [-0.15, -0.1) is 11.8 Å². The molecule has 0 saturated heterocycles. The first-order valence-corrected chi connectivity index (χ1v) is 8.67. The fourth-order valence-corrected chi connectivity index (χ4v) is 3.15. The van der Waals surface area contributed by atoms with E-state index in [0.717, 1.165) is 10.5 Å². The predicted octanol–water partition coefficient (Wildman–Crippen LogP) is 4.27.